The van der Waals surface area contributed by atoms with Gasteiger partial charge in [0.15, 0.2) is 0 Å². The molecule has 22 heavy (non-hydrogen) atoms. The molecule has 1 aromatic rings. The topological polar surface area (TPSA) is 62.7 Å². The molecule has 1 saturated heterocycles. The molecule has 1 amide bonds. The third-order valence-corrected chi connectivity index (χ3v) is 5.83. The molecule has 1 atom stereocenters. The number of likely N-dealkylation sites (tertiary alicyclic amines) is 1. The van der Waals surface area contributed by atoms with E-state index < -0.39 is 11.2 Å². The van der Waals surface area contributed by atoms with E-state index in [1.165, 1.54) is 11.3 Å². The molecule has 124 valence electrons. The summed E-state index contributed by atoms with van der Waals surface area (Å²) in [6.45, 7) is 6.90. The molecule has 0 saturated carbocycles. The smallest absolute Gasteiger partial charge is 0.410 e. The summed E-state index contributed by atoms with van der Waals surface area (Å²) in [5.41, 5.74) is -1.41. The maximum Gasteiger partial charge on any atom is 0.410 e. The van der Waals surface area contributed by atoms with Crippen LogP contribution in [0, 0.1) is 0 Å². The molecular weight excluding hydrogens is 368 g/mol. The largest absolute Gasteiger partial charge is 0.443 e. The number of ether oxygens (including phenoxy) is 1. The van der Waals surface area contributed by atoms with Gasteiger partial charge in [-0.15, -0.1) is 11.3 Å². The lowest BCUT2D eigenvalue weighted by atomic mass is 9.96. The van der Waals surface area contributed by atoms with Crippen molar-refractivity contribution < 1.29 is 14.6 Å². The fourth-order valence-corrected chi connectivity index (χ4v) is 3.71. The SMILES string of the molecule is CCC(C)(C)OC(=O)N1CCCC(O)(c2ncc(Br)s2)CC1. The molecule has 1 N–H and O–H groups in total. The molecule has 0 radical (unpaired) electrons. The van der Waals surface area contributed by atoms with Crippen LogP contribution in [0.15, 0.2) is 9.98 Å². The van der Waals surface area contributed by atoms with Crippen LogP contribution in [0.4, 0.5) is 4.79 Å². The number of rotatable bonds is 3. The third kappa shape index (κ3) is 4.20. The van der Waals surface area contributed by atoms with E-state index in [1.807, 2.05) is 20.8 Å². The Hall–Kier alpha value is -0.660. The van der Waals surface area contributed by atoms with E-state index in [0.717, 1.165) is 16.6 Å². The number of aliphatic hydroxyl groups is 1. The number of carbonyl (C=O) groups is 1. The summed E-state index contributed by atoms with van der Waals surface area (Å²) in [6, 6.07) is 0. The highest BCUT2D eigenvalue weighted by Crippen LogP contribution is 2.36. The highest BCUT2D eigenvalue weighted by atomic mass is 79.9. The number of hydrogen-bond acceptors (Lipinski definition) is 5. The van der Waals surface area contributed by atoms with Crippen molar-refractivity contribution in [3.63, 3.8) is 0 Å². The van der Waals surface area contributed by atoms with Gasteiger partial charge in [-0.2, -0.15) is 0 Å². The minimum atomic E-state index is -0.952. The summed E-state index contributed by atoms with van der Waals surface area (Å²) in [6.07, 6.45) is 4.00. The molecule has 1 aromatic heterocycles. The lowest BCUT2D eigenvalue weighted by molar-refractivity contribution is 0.00528. The third-order valence-electron chi connectivity index (χ3n) is 4.16. The number of nitrogens with zero attached hydrogens (tertiary/aromatic N) is 2. The number of carbonyl (C=O) groups excluding carboxylic acids is 1. The first-order chi connectivity index (χ1) is 10.3. The predicted molar refractivity (Wildman–Crippen MR) is 90.0 cm³/mol. The first-order valence-electron chi connectivity index (χ1n) is 7.58. The molecular formula is C15H23BrN2O3S. The van der Waals surface area contributed by atoms with Crippen LogP contribution in [0.25, 0.3) is 0 Å². The van der Waals surface area contributed by atoms with E-state index in [4.69, 9.17) is 4.74 Å². The van der Waals surface area contributed by atoms with Crippen molar-refractivity contribution in [2.45, 2.75) is 57.7 Å². The first kappa shape index (κ1) is 17.7. The van der Waals surface area contributed by atoms with Gasteiger partial charge in [0.1, 0.15) is 16.2 Å². The van der Waals surface area contributed by atoms with Gasteiger partial charge in [0.2, 0.25) is 0 Å². The molecule has 0 aliphatic carbocycles. The molecule has 7 heteroatoms. The summed E-state index contributed by atoms with van der Waals surface area (Å²) >= 11 is 4.83. The minimum absolute atomic E-state index is 0.295. The van der Waals surface area contributed by atoms with Crippen molar-refractivity contribution in [1.29, 1.82) is 0 Å². The summed E-state index contributed by atoms with van der Waals surface area (Å²) in [7, 11) is 0. The van der Waals surface area contributed by atoms with Crippen LogP contribution in [0.3, 0.4) is 0 Å². The van der Waals surface area contributed by atoms with Gasteiger partial charge in [0.25, 0.3) is 0 Å². The van der Waals surface area contributed by atoms with Crippen molar-refractivity contribution in [2.24, 2.45) is 0 Å². The maximum absolute atomic E-state index is 12.3. The molecule has 0 bridgehead atoms. The Morgan fingerprint density at radius 2 is 2.27 bits per heavy atom. The van der Waals surface area contributed by atoms with Gasteiger partial charge in [-0.1, -0.05) is 6.92 Å². The van der Waals surface area contributed by atoms with Gasteiger partial charge in [-0.05, 0) is 49.0 Å². The van der Waals surface area contributed by atoms with Crippen LogP contribution in [0.1, 0.15) is 51.5 Å². The molecule has 5 nitrogen and oxygen atoms in total. The number of halogens is 1. The van der Waals surface area contributed by atoms with Crippen molar-refractivity contribution in [3.05, 3.63) is 15.0 Å². The van der Waals surface area contributed by atoms with Crippen LogP contribution in [0.2, 0.25) is 0 Å². The number of thiazole rings is 1. The van der Waals surface area contributed by atoms with Crippen LogP contribution < -0.4 is 0 Å². The second-order valence-electron chi connectivity index (χ2n) is 6.32. The standard InChI is InChI=1S/C15H23BrN2O3S/c1-4-14(2,3)21-13(19)18-8-5-6-15(20,7-9-18)12-17-10-11(16)22-12/h10,20H,4-9H2,1-3H3. The minimum Gasteiger partial charge on any atom is -0.443 e. The van der Waals surface area contributed by atoms with Gasteiger partial charge in [0.05, 0.1) is 9.98 Å². The van der Waals surface area contributed by atoms with Crippen LogP contribution >= 0.6 is 27.3 Å². The average Bonchev–Trinajstić information content (AvgIpc) is 2.79. The van der Waals surface area contributed by atoms with Gasteiger partial charge >= 0.3 is 6.09 Å². The zero-order valence-corrected chi connectivity index (χ0v) is 15.7. The normalized spacial score (nSPS) is 23.2. The van der Waals surface area contributed by atoms with Gasteiger partial charge < -0.3 is 14.7 Å². The lowest BCUT2D eigenvalue weighted by Gasteiger charge is -2.29. The number of hydrogen-bond donors (Lipinski definition) is 1. The second kappa shape index (κ2) is 6.84. The molecule has 2 rings (SSSR count). The molecule has 1 unspecified atom stereocenters. The fraction of sp³-hybridized carbons (Fsp3) is 0.733. The Morgan fingerprint density at radius 1 is 1.55 bits per heavy atom. The Balaban J connectivity index is 2.02. The summed E-state index contributed by atoms with van der Waals surface area (Å²) < 4.78 is 6.45. The zero-order valence-electron chi connectivity index (χ0n) is 13.3. The van der Waals surface area contributed by atoms with Crippen molar-refractivity contribution in [1.82, 2.24) is 9.88 Å². The Labute approximate surface area is 143 Å². The van der Waals surface area contributed by atoms with Crippen molar-refractivity contribution in [2.75, 3.05) is 13.1 Å². The van der Waals surface area contributed by atoms with Gasteiger partial charge in [-0.3, -0.25) is 0 Å². The van der Waals surface area contributed by atoms with Gasteiger partial charge in [-0.25, -0.2) is 9.78 Å². The van der Waals surface area contributed by atoms with Crippen LogP contribution in [-0.2, 0) is 10.3 Å². The van der Waals surface area contributed by atoms with E-state index in [1.54, 1.807) is 11.1 Å². The first-order valence-corrected chi connectivity index (χ1v) is 9.19. The number of aromatic nitrogens is 1. The van der Waals surface area contributed by atoms with Crippen LogP contribution in [-0.4, -0.2) is 39.8 Å². The van der Waals surface area contributed by atoms with E-state index in [0.29, 0.717) is 30.9 Å². The van der Waals surface area contributed by atoms with Gasteiger partial charge in [0, 0.05) is 19.5 Å². The molecule has 1 aliphatic rings. The van der Waals surface area contributed by atoms with E-state index >= 15 is 0 Å². The van der Waals surface area contributed by atoms with E-state index in [2.05, 4.69) is 20.9 Å². The van der Waals surface area contributed by atoms with E-state index in [-0.39, 0.29) is 6.09 Å². The van der Waals surface area contributed by atoms with Crippen LogP contribution in [0.5, 0.6) is 0 Å². The highest BCUT2D eigenvalue weighted by molar-refractivity contribution is 9.11. The average molecular weight is 391 g/mol. The maximum atomic E-state index is 12.3. The van der Waals surface area contributed by atoms with Crippen molar-refractivity contribution in [3.8, 4) is 0 Å². The molecule has 2 heterocycles. The highest BCUT2D eigenvalue weighted by Gasteiger charge is 2.36. The molecule has 1 aliphatic heterocycles. The van der Waals surface area contributed by atoms with E-state index in [9.17, 15) is 9.90 Å². The Kier molecular flexibility index (Phi) is 5.50. The summed E-state index contributed by atoms with van der Waals surface area (Å²) in [5.74, 6) is 0. The van der Waals surface area contributed by atoms with Crippen molar-refractivity contribution >= 4 is 33.4 Å². The number of amides is 1. The fourth-order valence-electron chi connectivity index (χ4n) is 2.36. The molecule has 1 fully saturated rings. The lowest BCUT2D eigenvalue weighted by Crippen LogP contribution is -2.39. The molecule has 0 aromatic carbocycles. The second-order valence-corrected chi connectivity index (χ2v) is 8.73. The summed E-state index contributed by atoms with van der Waals surface area (Å²) in [4.78, 5) is 18.3. The Morgan fingerprint density at radius 3 is 2.86 bits per heavy atom. The summed E-state index contributed by atoms with van der Waals surface area (Å²) in [5, 5.41) is 11.6. The quantitative estimate of drug-likeness (QED) is 0.849. The monoisotopic (exact) mass is 390 g/mol. The molecule has 0 spiro atoms. The Bertz CT molecular complexity index is 535. The zero-order chi connectivity index (χ0) is 16.4. The predicted octanol–water partition coefficient (Wildman–Crippen LogP) is 3.90.